The number of rotatable bonds is 7. The van der Waals surface area contributed by atoms with Gasteiger partial charge in [0, 0.05) is 10.6 Å². The fourth-order valence-electron chi connectivity index (χ4n) is 3.11. The van der Waals surface area contributed by atoms with Gasteiger partial charge in [-0.3, -0.25) is 9.36 Å². The van der Waals surface area contributed by atoms with Crippen LogP contribution in [-0.2, 0) is 11.3 Å². The third-order valence-electron chi connectivity index (χ3n) is 4.79. The van der Waals surface area contributed by atoms with Crippen LogP contribution in [0.4, 0.5) is 10.1 Å². The summed E-state index contributed by atoms with van der Waals surface area (Å²) in [6.45, 7) is 2.29. The Morgan fingerprint density at radius 2 is 1.72 bits per heavy atom. The Morgan fingerprint density at radius 3 is 2.44 bits per heavy atom. The van der Waals surface area contributed by atoms with Crippen molar-refractivity contribution in [3.8, 4) is 11.4 Å². The van der Waals surface area contributed by atoms with Crippen molar-refractivity contribution in [2.75, 3.05) is 5.32 Å². The predicted molar refractivity (Wildman–Crippen MR) is 126 cm³/mol. The number of benzene rings is 3. The number of aromatic nitrogens is 3. The summed E-state index contributed by atoms with van der Waals surface area (Å²) < 4.78 is 15.9. The average Bonchev–Trinajstić information content (AvgIpc) is 3.18. The standard InChI is InChI=1S/C24H20ClFN4OS/c1-16(23(31)27-21-10-6-5-9-20(21)26)32-24-29-28-22(18-11-13-19(25)14-12-18)30(24)15-17-7-3-2-4-8-17/h2-14,16H,15H2,1H3,(H,27,31). The van der Waals surface area contributed by atoms with Crippen molar-refractivity contribution in [3.63, 3.8) is 0 Å². The van der Waals surface area contributed by atoms with Crippen molar-refractivity contribution in [1.29, 1.82) is 0 Å². The second-order valence-electron chi connectivity index (χ2n) is 7.11. The fraction of sp³-hybridized carbons (Fsp3) is 0.125. The van der Waals surface area contributed by atoms with Crippen LogP contribution in [-0.4, -0.2) is 25.9 Å². The van der Waals surface area contributed by atoms with Crippen LogP contribution in [0, 0.1) is 5.82 Å². The lowest BCUT2D eigenvalue weighted by Gasteiger charge is -2.14. The van der Waals surface area contributed by atoms with Gasteiger partial charge in [-0.2, -0.15) is 0 Å². The number of hydrogen-bond donors (Lipinski definition) is 1. The van der Waals surface area contributed by atoms with Crippen molar-refractivity contribution in [3.05, 3.63) is 95.3 Å². The van der Waals surface area contributed by atoms with E-state index >= 15 is 0 Å². The molecule has 0 saturated heterocycles. The Balaban J connectivity index is 1.60. The molecule has 32 heavy (non-hydrogen) atoms. The highest BCUT2D eigenvalue weighted by Crippen LogP contribution is 2.29. The molecule has 0 spiro atoms. The van der Waals surface area contributed by atoms with E-state index in [1.807, 2.05) is 47.0 Å². The molecular formula is C24H20ClFN4OS. The molecule has 0 aliphatic carbocycles. The van der Waals surface area contributed by atoms with E-state index in [1.54, 1.807) is 31.2 Å². The van der Waals surface area contributed by atoms with Gasteiger partial charge in [0.15, 0.2) is 11.0 Å². The largest absolute Gasteiger partial charge is 0.323 e. The van der Waals surface area contributed by atoms with E-state index in [1.165, 1.54) is 23.9 Å². The summed E-state index contributed by atoms with van der Waals surface area (Å²) in [5.41, 5.74) is 2.10. The van der Waals surface area contributed by atoms with Gasteiger partial charge in [0.05, 0.1) is 17.5 Å². The molecular weight excluding hydrogens is 447 g/mol. The van der Waals surface area contributed by atoms with Crippen LogP contribution >= 0.6 is 23.4 Å². The molecule has 1 N–H and O–H groups in total. The summed E-state index contributed by atoms with van der Waals surface area (Å²) >= 11 is 7.31. The second-order valence-corrected chi connectivity index (χ2v) is 8.86. The van der Waals surface area contributed by atoms with Crippen LogP contribution in [0.2, 0.25) is 5.02 Å². The minimum Gasteiger partial charge on any atom is -0.323 e. The summed E-state index contributed by atoms with van der Waals surface area (Å²) in [5.74, 6) is -0.118. The molecule has 1 unspecified atom stereocenters. The van der Waals surface area contributed by atoms with Gasteiger partial charge in [0.2, 0.25) is 5.91 Å². The highest BCUT2D eigenvalue weighted by molar-refractivity contribution is 8.00. The van der Waals surface area contributed by atoms with Gasteiger partial charge in [-0.25, -0.2) is 4.39 Å². The molecule has 4 rings (SSSR count). The number of carbonyl (C=O) groups is 1. The molecule has 1 aromatic heterocycles. The maximum Gasteiger partial charge on any atom is 0.237 e. The van der Waals surface area contributed by atoms with Crippen molar-refractivity contribution < 1.29 is 9.18 Å². The number of halogens is 2. The van der Waals surface area contributed by atoms with Gasteiger partial charge in [0.25, 0.3) is 0 Å². The number of hydrogen-bond acceptors (Lipinski definition) is 4. The highest BCUT2D eigenvalue weighted by atomic mass is 35.5. The lowest BCUT2D eigenvalue weighted by Crippen LogP contribution is -2.23. The molecule has 162 valence electrons. The van der Waals surface area contributed by atoms with E-state index in [0.717, 1.165) is 11.1 Å². The monoisotopic (exact) mass is 466 g/mol. The van der Waals surface area contributed by atoms with Crippen LogP contribution in [0.25, 0.3) is 11.4 Å². The molecule has 0 radical (unpaired) electrons. The van der Waals surface area contributed by atoms with E-state index in [-0.39, 0.29) is 11.6 Å². The quantitative estimate of drug-likeness (QED) is 0.344. The van der Waals surface area contributed by atoms with Gasteiger partial charge in [-0.1, -0.05) is 65.8 Å². The van der Waals surface area contributed by atoms with E-state index in [0.29, 0.717) is 22.5 Å². The third kappa shape index (κ3) is 5.18. The maximum atomic E-state index is 13.9. The zero-order valence-electron chi connectivity index (χ0n) is 17.2. The smallest absolute Gasteiger partial charge is 0.237 e. The predicted octanol–water partition coefficient (Wildman–Crippen LogP) is 5.91. The maximum absolute atomic E-state index is 13.9. The van der Waals surface area contributed by atoms with Crippen LogP contribution in [0.15, 0.2) is 84.0 Å². The Morgan fingerprint density at radius 1 is 1.03 bits per heavy atom. The lowest BCUT2D eigenvalue weighted by atomic mass is 10.2. The third-order valence-corrected chi connectivity index (χ3v) is 6.12. The van der Waals surface area contributed by atoms with E-state index in [9.17, 15) is 9.18 Å². The number of anilines is 1. The van der Waals surface area contributed by atoms with Crippen molar-refractivity contribution in [2.45, 2.75) is 23.9 Å². The van der Waals surface area contributed by atoms with Crippen molar-refractivity contribution in [1.82, 2.24) is 14.8 Å². The normalized spacial score (nSPS) is 11.8. The molecule has 1 amide bonds. The molecule has 5 nitrogen and oxygen atoms in total. The zero-order valence-corrected chi connectivity index (χ0v) is 18.8. The minimum absolute atomic E-state index is 0.151. The first-order chi connectivity index (χ1) is 15.5. The molecule has 1 heterocycles. The summed E-state index contributed by atoms with van der Waals surface area (Å²) in [6, 6.07) is 23.4. The van der Waals surface area contributed by atoms with Crippen LogP contribution in [0.3, 0.4) is 0 Å². The van der Waals surface area contributed by atoms with Gasteiger partial charge in [-0.05, 0) is 48.9 Å². The number of carbonyl (C=O) groups excluding carboxylic acids is 1. The van der Waals surface area contributed by atoms with Gasteiger partial charge >= 0.3 is 0 Å². The first-order valence-electron chi connectivity index (χ1n) is 9.96. The van der Waals surface area contributed by atoms with Gasteiger partial charge in [0.1, 0.15) is 5.82 Å². The first kappa shape index (κ1) is 22.0. The molecule has 1 atom stereocenters. The van der Waals surface area contributed by atoms with E-state index < -0.39 is 11.1 Å². The number of nitrogens with zero attached hydrogens (tertiary/aromatic N) is 3. The number of thioether (sulfide) groups is 1. The van der Waals surface area contributed by atoms with Crippen molar-refractivity contribution in [2.24, 2.45) is 0 Å². The van der Waals surface area contributed by atoms with Crippen LogP contribution in [0.1, 0.15) is 12.5 Å². The van der Waals surface area contributed by atoms with E-state index in [2.05, 4.69) is 15.5 Å². The van der Waals surface area contributed by atoms with Crippen LogP contribution in [0.5, 0.6) is 0 Å². The molecule has 0 aliphatic rings. The number of amides is 1. The average molecular weight is 467 g/mol. The summed E-state index contributed by atoms with van der Waals surface area (Å²) in [7, 11) is 0. The summed E-state index contributed by atoms with van der Waals surface area (Å²) in [4.78, 5) is 12.7. The second kappa shape index (κ2) is 9.97. The topological polar surface area (TPSA) is 59.8 Å². The summed E-state index contributed by atoms with van der Waals surface area (Å²) in [6.07, 6.45) is 0. The molecule has 4 aromatic rings. The molecule has 0 bridgehead atoms. The Kier molecular flexibility index (Phi) is 6.87. The van der Waals surface area contributed by atoms with Gasteiger partial charge < -0.3 is 5.32 Å². The molecule has 8 heteroatoms. The first-order valence-corrected chi connectivity index (χ1v) is 11.2. The molecule has 0 aliphatic heterocycles. The number of nitrogens with one attached hydrogen (secondary N) is 1. The van der Waals surface area contributed by atoms with Crippen molar-refractivity contribution >= 4 is 35.0 Å². The SMILES string of the molecule is CC(Sc1nnc(-c2ccc(Cl)cc2)n1Cc1ccccc1)C(=O)Nc1ccccc1F. The fourth-order valence-corrected chi connectivity index (χ4v) is 4.08. The van der Waals surface area contributed by atoms with E-state index in [4.69, 9.17) is 11.6 Å². The van der Waals surface area contributed by atoms with Crippen LogP contribution < -0.4 is 5.32 Å². The Labute approximate surface area is 194 Å². The Bertz CT molecular complexity index is 1210. The number of para-hydroxylation sites is 1. The molecule has 0 fully saturated rings. The summed E-state index contributed by atoms with van der Waals surface area (Å²) in [5, 5.41) is 12.1. The zero-order chi connectivity index (χ0) is 22.5. The lowest BCUT2D eigenvalue weighted by molar-refractivity contribution is -0.115. The minimum atomic E-state index is -0.522. The highest BCUT2D eigenvalue weighted by Gasteiger charge is 2.22. The van der Waals surface area contributed by atoms with Gasteiger partial charge in [-0.15, -0.1) is 10.2 Å². The Hall–Kier alpha value is -3.16. The molecule has 3 aromatic carbocycles. The molecule has 0 saturated carbocycles.